The highest BCUT2D eigenvalue weighted by atomic mass is 35.5. The zero-order valence-corrected chi connectivity index (χ0v) is 20.6. The average Bonchev–Trinajstić information content (AvgIpc) is 3.15. The number of carbonyl (C=O) groups excluding carboxylic acids is 2. The van der Waals surface area contributed by atoms with Gasteiger partial charge in [-0.25, -0.2) is 24.5 Å². The highest BCUT2D eigenvalue weighted by Gasteiger charge is 2.50. The molecule has 4 atom stereocenters. The monoisotopic (exact) mass is 503 g/mol. The Labute approximate surface area is 200 Å². The predicted molar refractivity (Wildman–Crippen MR) is 119 cm³/mol. The Morgan fingerprint density at radius 3 is 2.09 bits per heavy atom. The van der Waals surface area contributed by atoms with Gasteiger partial charge in [-0.1, -0.05) is 11.6 Å². The summed E-state index contributed by atoms with van der Waals surface area (Å²) in [6.45, 7) is 9.87. The first-order chi connectivity index (χ1) is 15.1. The normalized spacial score (nSPS) is 23.6. The molecule has 2 aromatic rings. The van der Waals surface area contributed by atoms with Crippen LogP contribution >= 0.6 is 23.2 Å². The van der Waals surface area contributed by atoms with E-state index in [0.717, 1.165) is 0 Å². The number of nitrogens with zero attached hydrogens (tertiary/aromatic N) is 5. The second-order valence-electron chi connectivity index (χ2n) is 9.79. The molecule has 11 nitrogen and oxygen atoms in total. The molecule has 1 fully saturated rings. The van der Waals surface area contributed by atoms with Gasteiger partial charge in [-0.05, 0) is 59.6 Å². The van der Waals surface area contributed by atoms with Crippen molar-refractivity contribution in [1.29, 1.82) is 0 Å². The van der Waals surface area contributed by atoms with E-state index in [1.807, 2.05) is 0 Å². The molecule has 0 radical (unpaired) electrons. The van der Waals surface area contributed by atoms with Crippen LogP contribution < -0.4 is 0 Å². The predicted octanol–water partition coefficient (Wildman–Crippen LogP) is 3.34. The fourth-order valence-corrected chi connectivity index (χ4v) is 4.01. The molecule has 0 saturated heterocycles. The van der Waals surface area contributed by atoms with Crippen molar-refractivity contribution < 1.29 is 29.3 Å². The van der Waals surface area contributed by atoms with Crippen molar-refractivity contribution in [2.45, 2.75) is 83.5 Å². The van der Waals surface area contributed by atoms with Crippen molar-refractivity contribution in [3.63, 3.8) is 0 Å². The molecule has 2 aromatic heterocycles. The molecule has 13 heteroatoms. The van der Waals surface area contributed by atoms with Crippen molar-refractivity contribution in [1.82, 2.24) is 24.4 Å². The number of rotatable bonds is 2. The minimum atomic E-state index is -1.50. The summed E-state index contributed by atoms with van der Waals surface area (Å²) in [4.78, 5) is 38.7. The van der Waals surface area contributed by atoms with E-state index in [4.69, 9.17) is 32.7 Å². The molecule has 182 valence electrons. The zero-order chi connectivity index (χ0) is 24.9. The zero-order valence-electron chi connectivity index (χ0n) is 19.1. The number of aliphatic hydroxyl groups excluding tert-OH is 2. The molecule has 2 heterocycles. The van der Waals surface area contributed by atoms with Gasteiger partial charge in [-0.2, -0.15) is 4.98 Å². The minimum Gasteiger partial charge on any atom is -0.443 e. The van der Waals surface area contributed by atoms with Gasteiger partial charge in [0.05, 0.1) is 18.4 Å². The van der Waals surface area contributed by atoms with Gasteiger partial charge in [-0.15, -0.1) is 0 Å². The molecule has 2 amide bonds. The number of hydrogen-bond acceptors (Lipinski definition) is 9. The van der Waals surface area contributed by atoms with Crippen LogP contribution in [0.5, 0.6) is 0 Å². The highest BCUT2D eigenvalue weighted by molar-refractivity contribution is 6.35. The lowest BCUT2D eigenvalue weighted by Gasteiger charge is -2.33. The van der Waals surface area contributed by atoms with E-state index in [0.29, 0.717) is 4.90 Å². The summed E-state index contributed by atoms with van der Waals surface area (Å²) in [6.07, 6.45) is -3.55. The summed E-state index contributed by atoms with van der Waals surface area (Å²) in [5.41, 5.74) is -1.34. The Kier molecular flexibility index (Phi) is 6.82. The van der Waals surface area contributed by atoms with Gasteiger partial charge in [0.1, 0.15) is 28.9 Å². The number of carbonyl (C=O) groups is 2. The Morgan fingerprint density at radius 2 is 1.58 bits per heavy atom. The number of imidazole rings is 1. The van der Waals surface area contributed by atoms with Gasteiger partial charge in [0.15, 0.2) is 10.8 Å². The Hall–Kier alpha value is -2.21. The number of halogens is 2. The molecular weight excluding hydrogens is 477 g/mol. The lowest BCUT2D eigenvalue weighted by molar-refractivity contribution is -0.0349. The molecule has 2 N–H and O–H groups in total. The van der Waals surface area contributed by atoms with Crippen LogP contribution in [-0.2, 0) is 9.47 Å². The summed E-state index contributed by atoms with van der Waals surface area (Å²) in [7, 11) is 0. The van der Waals surface area contributed by atoms with Crippen LogP contribution in [0.2, 0.25) is 10.4 Å². The van der Waals surface area contributed by atoms with Crippen LogP contribution in [0, 0.1) is 0 Å². The molecule has 33 heavy (non-hydrogen) atoms. The van der Waals surface area contributed by atoms with Crippen molar-refractivity contribution >= 4 is 46.6 Å². The number of ether oxygens (including phenoxy) is 2. The maximum atomic E-state index is 13.0. The van der Waals surface area contributed by atoms with Crippen molar-refractivity contribution in [2.24, 2.45) is 0 Å². The van der Waals surface area contributed by atoms with Crippen LogP contribution in [0.15, 0.2) is 6.33 Å². The SMILES string of the molecule is CC(C)(C)OC(=O)N(C(=O)OC(C)(C)C)[C@H]1C[C@@H](n2cnc3c(Cl)nc(Cl)nc32)[C@@H](O)[C@H]1O. The minimum absolute atomic E-state index is 0.0254. The third-order valence-corrected chi connectivity index (χ3v) is 5.27. The lowest BCUT2D eigenvalue weighted by atomic mass is 10.1. The van der Waals surface area contributed by atoms with Gasteiger partial charge in [0.25, 0.3) is 0 Å². The van der Waals surface area contributed by atoms with E-state index >= 15 is 0 Å². The third kappa shape index (κ3) is 5.48. The molecule has 1 aliphatic rings. The molecule has 1 saturated carbocycles. The van der Waals surface area contributed by atoms with Crippen LogP contribution in [0.4, 0.5) is 9.59 Å². The fraction of sp³-hybridized carbons (Fsp3) is 0.650. The summed E-state index contributed by atoms with van der Waals surface area (Å²) in [5.74, 6) is 0. The molecule has 0 unspecified atom stereocenters. The maximum absolute atomic E-state index is 13.0. The van der Waals surface area contributed by atoms with Crippen LogP contribution in [0.3, 0.4) is 0 Å². The van der Waals surface area contributed by atoms with Crippen molar-refractivity contribution in [3.05, 3.63) is 16.8 Å². The molecule has 0 aliphatic heterocycles. The summed E-state index contributed by atoms with van der Waals surface area (Å²) < 4.78 is 12.2. The Bertz CT molecular complexity index is 1040. The first-order valence-corrected chi connectivity index (χ1v) is 11.0. The topological polar surface area (TPSA) is 140 Å². The van der Waals surface area contributed by atoms with Crippen molar-refractivity contribution in [2.75, 3.05) is 0 Å². The molecule has 0 aromatic carbocycles. The second-order valence-corrected chi connectivity index (χ2v) is 10.5. The van der Waals surface area contributed by atoms with E-state index in [2.05, 4.69) is 15.0 Å². The molecule has 3 rings (SSSR count). The molecule has 0 bridgehead atoms. The van der Waals surface area contributed by atoms with E-state index in [-0.39, 0.29) is 28.0 Å². The summed E-state index contributed by atoms with van der Waals surface area (Å²) >= 11 is 12.0. The summed E-state index contributed by atoms with van der Waals surface area (Å²) in [5, 5.41) is 21.6. The standard InChI is InChI=1S/C20H27Cl2N5O6/c1-19(2,3)32-17(30)27(18(31)33-20(4,5)6)10-7-9(12(28)13(10)29)26-8-23-11-14(21)24-16(22)25-15(11)26/h8-10,12-13,28-29H,7H2,1-6H3/t9-,10+,12-,13+/m1/s1. The average molecular weight is 504 g/mol. The van der Waals surface area contributed by atoms with Gasteiger partial charge < -0.3 is 24.3 Å². The van der Waals surface area contributed by atoms with E-state index in [1.165, 1.54) is 10.9 Å². The van der Waals surface area contributed by atoms with Gasteiger partial charge in [-0.3, -0.25) is 0 Å². The first-order valence-electron chi connectivity index (χ1n) is 10.3. The number of imide groups is 1. The smallest absolute Gasteiger partial charge is 0.420 e. The number of amides is 2. The Morgan fingerprint density at radius 1 is 1.03 bits per heavy atom. The second kappa shape index (κ2) is 8.86. The van der Waals surface area contributed by atoms with Crippen LogP contribution in [0.1, 0.15) is 54.0 Å². The molecule has 1 aliphatic carbocycles. The number of aromatic nitrogens is 4. The van der Waals surface area contributed by atoms with Crippen LogP contribution in [-0.4, -0.2) is 76.3 Å². The largest absolute Gasteiger partial charge is 0.443 e. The fourth-order valence-electron chi connectivity index (χ4n) is 3.59. The van der Waals surface area contributed by atoms with E-state index < -0.39 is 47.7 Å². The van der Waals surface area contributed by atoms with Gasteiger partial charge >= 0.3 is 12.2 Å². The van der Waals surface area contributed by atoms with Gasteiger partial charge in [0.2, 0.25) is 5.28 Å². The molecule has 0 spiro atoms. The number of hydrogen-bond donors (Lipinski definition) is 2. The third-order valence-electron chi connectivity index (χ3n) is 4.84. The maximum Gasteiger partial charge on any atom is 0.420 e. The van der Waals surface area contributed by atoms with Crippen molar-refractivity contribution in [3.8, 4) is 0 Å². The van der Waals surface area contributed by atoms with E-state index in [9.17, 15) is 19.8 Å². The summed E-state index contributed by atoms with van der Waals surface area (Å²) in [6, 6.07) is -1.97. The Balaban J connectivity index is 1.99. The molecular formula is C20H27Cl2N5O6. The van der Waals surface area contributed by atoms with E-state index in [1.54, 1.807) is 41.5 Å². The quantitative estimate of drug-likeness (QED) is 0.466. The van der Waals surface area contributed by atoms with Gasteiger partial charge in [0, 0.05) is 0 Å². The number of fused-ring (bicyclic) bond motifs is 1. The lowest BCUT2D eigenvalue weighted by Crippen LogP contribution is -2.52. The highest BCUT2D eigenvalue weighted by Crippen LogP contribution is 2.37. The first kappa shape index (κ1) is 25.4. The van der Waals surface area contributed by atoms with Crippen LogP contribution in [0.25, 0.3) is 11.2 Å². The number of aliphatic hydroxyl groups is 2.